The molecule has 2 aromatic carbocycles. The first-order valence-electron chi connectivity index (χ1n) is 11.2. The minimum atomic E-state index is -3.19. The lowest BCUT2D eigenvalue weighted by Crippen LogP contribution is -2.37. The molecule has 0 spiro atoms. The maximum absolute atomic E-state index is 14.8. The summed E-state index contributed by atoms with van der Waals surface area (Å²) in [7, 11) is 0. The van der Waals surface area contributed by atoms with Crippen LogP contribution in [0.3, 0.4) is 0 Å². The van der Waals surface area contributed by atoms with Crippen LogP contribution in [0.2, 0.25) is 0 Å². The Morgan fingerprint density at radius 2 is 1.75 bits per heavy atom. The number of rotatable bonds is 9. The van der Waals surface area contributed by atoms with Crippen LogP contribution in [0.1, 0.15) is 24.2 Å². The SMILES string of the molecule is CCN(CC)C(=O)c1ccc(Nc2ccc(N3C[C@H](CNC(=O)C(F)F)OC3=O)cc2F)c(=O)cc1. The van der Waals surface area contributed by atoms with Crippen molar-refractivity contribution in [2.75, 3.05) is 36.4 Å². The molecule has 0 saturated carbocycles. The van der Waals surface area contributed by atoms with Crippen LogP contribution in [-0.4, -0.2) is 61.5 Å². The van der Waals surface area contributed by atoms with Gasteiger partial charge in [-0.05, 0) is 56.3 Å². The van der Waals surface area contributed by atoms with Gasteiger partial charge in [0.2, 0.25) is 5.43 Å². The molecule has 1 fully saturated rings. The number of nitrogens with zero attached hydrogens (tertiary/aromatic N) is 2. The molecule has 1 atom stereocenters. The summed E-state index contributed by atoms with van der Waals surface area (Å²) in [5, 5.41) is 4.66. The number of hydrogen-bond acceptors (Lipinski definition) is 6. The maximum atomic E-state index is 14.8. The van der Waals surface area contributed by atoms with Crippen molar-refractivity contribution in [2.45, 2.75) is 26.4 Å². The van der Waals surface area contributed by atoms with E-state index in [1.807, 2.05) is 19.2 Å². The smallest absolute Gasteiger partial charge is 0.414 e. The van der Waals surface area contributed by atoms with Crippen LogP contribution < -0.4 is 21.0 Å². The molecule has 0 radical (unpaired) electrons. The molecule has 1 aliphatic rings. The first-order chi connectivity index (χ1) is 17.1. The van der Waals surface area contributed by atoms with E-state index in [0.717, 1.165) is 11.0 Å². The summed E-state index contributed by atoms with van der Waals surface area (Å²) >= 11 is 0. The minimum absolute atomic E-state index is 0.0377. The molecule has 0 aliphatic carbocycles. The molecule has 3 amide bonds. The molecule has 3 rings (SSSR count). The molecule has 0 aromatic heterocycles. The van der Waals surface area contributed by atoms with E-state index in [-0.39, 0.29) is 36.1 Å². The van der Waals surface area contributed by atoms with Crippen LogP contribution in [0.4, 0.5) is 35.0 Å². The molecule has 2 aromatic rings. The summed E-state index contributed by atoms with van der Waals surface area (Å²) in [6.07, 6.45) is -4.90. The number of anilines is 3. The summed E-state index contributed by atoms with van der Waals surface area (Å²) in [5.74, 6) is -2.50. The lowest BCUT2D eigenvalue weighted by atomic mass is 10.2. The maximum Gasteiger partial charge on any atom is 0.414 e. The van der Waals surface area contributed by atoms with Gasteiger partial charge in [-0.25, -0.2) is 9.18 Å². The van der Waals surface area contributed by atoms with Gasteiger partial charge in [-0.1, -0.05) is 0 Å². The van der Waals surface area contributed by atoms with Crippen LogP contribution in [0.5, 0.6) is 0 Å². The Hall–Kier alpha value is -4.09. The van der Waals surface area contributed by atoms with Gasteiger partial charge in [-0.3, -0.25) is 19.3 Å². The van der Waals surface area contributed by atoms with Crippen LogP contribution in [0.25, 0.3) is 0 Å². The van der Waals surface area contributed by atoms with Crippen LogP contribution in [0.15, 0.2) is 47.3 Å². The van der Waals surface area contributed by atoms with Crippen molar-refractivity contribution < 1.29 is 32.3 Å². The number of halogens is 3. The Balaban J connectivity index is 1.73. The van der Waals surface area contributed by atoms with E-state index in [4.69, 9.17) is 4.74 Å². The molecule has 1 aliphatic heterocycles. The fourth-order valence-electron chi connectivity index (χ4n) is 3.55. The largest absolute Gasteiger partial charge is 0.442 e. The topological polar surface area (TPSA) is 108 Å². The summed E-state index contributed by atoms with van der Waals surface area (Å²) in [6, 6.07) is 9.28. The Bertz CT molecular complexity index is 1210. The van der Waals surface area contributed by atoms with Crippen molar-refractivity contribution in [3.8, 4) is 0 Å². The molecule has 12 heteroatoms. The summed E-state index contributed by atoms with van der Waals surface area (Å²) in [4.78, 5) is 50.9. The average Bonchev–Trinajstić information content (AvgIpc) is 3.12. The van der Waals surface area contributed by atoms with Gasteiger partial charge in [0, 0.05) is 18.7 Å². The molecule has 0 bridgehead atoms. The number of amides is 3. The molecular formula is C24H25F3N4O5. The van der Waals surface area contributed by atoms with Crippen molar-refractivity contribution in [1.29, 1.82) is 0 Å². The van der Waals surface area contributed by atoms with Crippen molar-refractivity contribution in [3.63, 3.8) is 0 Å². The highest BCUT2D eigenvalue weighted by Crippen LogP contribution is 2.27. The summed E-state index contributed by atoms with van der Waals surface area (Å²) < 4.78 is 44.5. The molecule has 1 saturated heterocycles. The summed E-state index contributed by atoms with van der Waals surface area (Å²) in [6.45, 7) is 4.31. The van der Waals surface area contributed by atoms with Gasteiger partial charge in [0.1, 0.15) is 11.9 Å². The zero-order chi connectivity index (χ0) is 26.4. The predicted octanol–water partition coefficient (Wildman–Crippen LogP) is 3.12. The highest BCUT2D eigenvalue weighted by molar-refractivity contribution is 5.94. The Kier molecular flexibility index (Phi) is 8.51. The number of cyclic esters (lactones) is 1. The second-order valence-electron chi connectivity index (χ2n) is 7.83. The monoisotopic (exact) mass is 506 g/mol. The first-order valence-corrected chi connectivity index (χ1v) is 11.2. The minimum Gasteiger partial charge on any atom is -0.442 e. The van der Waals surface area contributed by atoms with Gasteiger partial charge in [-0.2, -0.15) is 8.78 Å². The standard InChI is InChI=1S/C24H25F3N4O5/c1-3-30(4-2)23(34)14-5-8-19(20(32)10-6-14)29-18-9-7-15(11-17(18)25)31-13-16(36-24(31)35)12-28-22(33)21(26)27/h5-11,16,21H,3-4,12-13H2,1-2H3,(H,28,33)(H,29,32)/t16-/m0/s1. The van der Waals surface area contributed by atoms with Crippen LogP contribution >= 0.6 is 0 Å². The zero-order valence-electron chi connectivity index (χ0n) is 19.6. The normalized spacial score (nSPS) is 15.0. The fraction of sp³-hybridized carbons (Fsp3) is 0.333. The third kappa shape index (κ3) is 6.12. The first kappa shape index (κ1) is 26.5. The van der Waals surface area contributed by atoms with E-state index >= 15 is 0 Å². The van der Waals surface area contributed by atoms with Gasteiger partial charge in [0.05, 0.1) is 30.2 Å². The van der Waals surface area contributed by atoms with E-state index in [0.29, 0.717) is 18.7 Å². The predicted molar refractivity (Wildman–Crippen MR) is 126 cm³/mol. The number of hydrogen-bond donors (Lipinski definition) is 2. The number of benzene rings is 1. The molecule has 9 nitrogen and oxygen atoms in total. The van der Waals surface area contributed by atoms with Gasteiger partial charge >= 0.3 is 12.5 Å². The molecule has 2 N–H and O–H groups in total. The van der Waals surface area contributed by atoms with E-state index < -0.39 is 35.8 Å². The number of alkyl halides is 2. The zero-order valence-corrected chi connectivity index (χ0v) is 19.6. The summed E-state index contributed by atoms with van der Waals surface area (Å²) in [5.41, 5.74) is -0.0261. The Morgan fingerprint density at radius 3 is 2.39 bits per heavy atom. The molecule has 1 heterocycles. The number of carbonyl (C=O) groups excluding carboxylic acids is 3. The van der Waals surface area contributed by atoms with Gasteiger partial charge in [-0.15, -0.1) is 0 Å². The van der Waals surface area contributed by atoms with E-state index in [1.165, 1.54) is 36.4 Å². The highest BCUT2D eigenvalue weighted by Gasteiger charge is 2.33. The van der Waals surface area contributed by atoms with E-state index in [1.54, 1.807) is 4.90 Å². The highest BCUT2D eigenvalue weighted by atomic mass is 19.3. The fourth-order valence-corrected chi connectivity index (χ4v) is 3.55. The molecular weight excluding hydrogens is 481 g/mol. The van der Waals surface area contributed by atoms with Crippen molar-refractivity contribution in [1.82, 2.24) is 10.2 Å². The van der Waals surface area contributed by atoms with Gasteiger partial charge in [0.15, 0.2) is 0 Å². The molecule has 36 heavy (non-hydrogen) atoms. The quantitative estimate of drug-likeness (QED) is 0.541. The number of nitrogens with one attached hydrogen (secondary N) is 2. The van der Waals surface area contributed by atoms with Gasteiger partial charge in [0.25, 0.3) is 11.8 Å². The third-order valence-corrected chi connectivity index (χ3v) is 5.52. The molecule has 192 valence electrons. The van der Waals surface area contributed by atoms with Crippen LogP contribution in [0, 0.1) is 5.82 Å². The number of carbonyl (C=O) groups is 3. The Morgan fingerprint density at radius 1 is 1.08 bits per heavy atom. The van der Waals surface area contributed by atoms with Crippen molar-refractivity contribution in [2.24, 2.45) is 0 Å². The van der Waals surface area contributed by atoms with E-state index in [2.05, 4.69) is 5.32 Å². The Labute approximate surface area is 204 Å². The third-order valence-electron chi connectivity index (χ3n) is 5.52. The average molecular weight is 506 g/mol. The lowest BCUT2D eigenvalue weighted by molar-refractivity contribution is -0.132. The molecule has 0 unspecified atom stereocenters. The van der Waals surface area contributed by atoms with Crippen LogP contribution in [-0.2, 0) is 9.53 Å². The lowest BCUT2D eigenvalue weighted by Gasteiger charge is -2.17. The number of ether oxygens (including phenoxy) is 1. The second kappa shape index (κ2) is 11.6. The van der Waals surface area contributed by atoms with Crippen molar-refractivity contribution >= 4 is 35.0 Å². The van der Waals surface area contributed by atoms with Gasteiger partial charge < -0.3 is 20.3 Å². The van der Waals surface area contributed by atoms with Crippen molar-refractivity contribution in [3.05, 3.63) is 64.1 Å². The second-order valence-corrected chi connectivity index (χ2v) is 7.83. The van der Waals surface area contributed by atoms with E-state index in [9.17, 15) is 32.3 Å².